The molecule has 0 radical (unpaired) electrons. The van der Waals surface area contributed by atoms with E-state index in [9.17, 15) is 10.1 Å². The molecule has 1 fully saturated rings. The van der Waals surface area contributed by atoms with E-state index in [2.05, 4.69) is 21.2 Å². The SMILES string of the molecule is Cc1ccc2nc(N3CCCC3)n3c(-c4cccc([N+](=O)[O-])c4)nnc3c2c1. The molecule has 0 unspecified atom stereocenters. The second kappa shape index (κ2) is 6.26. The third-order valence-electron chi connectivity index (χ3n) is 5.18. The Morgan fingerprint density at radius 3 is 2.68 bits per heavy atom. The van der Waals surface area contributed by atoms with Gasteiger partial charge in [0.25, 0.3) is 5.69 Å². The van der Waals surface area contributed by atoms with Gasteiger partial charge in [-0.05, 0) is 31.9 Å². The quantitative estimate of drug-likeness (QED) is 0.401. The largest absolute Gasteiger partial charge is 0.342 e. The minimum absolute atomic E-state index is 0.0292. The van der Waals surface area contributed by atoms with E-state index in [4.69, 9.17) is 4.98 Å². The number of nitrogens with zero attached hydrogens (tertiary/aromatic N) is 6. The minimum Gasteiger partial charge on any atom is -0.342 e. The van der Waals surface area contributed by atoms with Crippen LogP contribution in [-0.4, -0.2) is 37.6 Å². The van der Waals surface area contributed by atoms with Crippen LogP contribution in [0.15, 0.2) is 42.5 Å². The van der Waals surface area contributed by atoms with E-state index in [0.717, 1.165) is 54.0 Å². The fraction of sp³-hybridized carbons (Fsp3) is 0.250. The molecule has 8 nitrogen and oxygen atoms in total. The fourth-order valence-corrected chi connectivity index (χ4v) is 3.81. The zero-order valence-corrected chi connectivity index (χ0v) is 15.4. The van der Waals surface area contributed by atoms with Crippen molar-refractivity contribution in [2.75, 3.05) is 18.0 Å². The monoisotopic (exact) mass is 374 g/mol. The lowest BCUT2D eigenvalue weighted by molar-refractivity contribution is -0.384. The highest BCUT2D eigenvalue weighted by Gasteiger charge is 2.23. The van der Waals surface area contributed by atoms with Crippen LogP contribution in [0.4, 0.5) is 11.6 Å². The van der Waals surface area contributed by atoms with Crippen LogP contribution in [0.3, 0.4) is 0 Å². The number of hydrogen-bond donors (Lipinski definition) is 0. The van der Waals surface area contributed by atoms with Gasteiger partial charge in [-0.25, -0.2) is 9.38 Å². The lowest BCUT2D eigenvalue weighted by Gasteiger charge is -2.19. The molecule has 0 N–H and O–H groups in total. The van der Waals surface area contributed by atoms with Gasteiger partial charge in [0, 0.05) is 36.2 Å². The van der Waals surface area contributed by atoms with E-state index >= 15 is 0 Å². The van der Waals surface area contributed by atoms with Crippen molar-refractivity contribution in [2.24, 2.45) is 0 Å². The smallest absolute Gasteiger partial charge is 0.270 e. The molecule has 0 saturated carbocycles. The lowest BCUT2D eigenvalue weighted by atomic mass is 10.1. The molecular weight excluding hydrogens is 356 g/mol. The standard InChI is InChI=1S/C20H18N6O2/c1-13-7-8-17-16(11-13)19-23-22-18(14-5-4-6-15(12-14)26(27)28)25(19)20(21-17)24-9-2-3-10-24/h4-8,11-12H,2-3,9-10H2,1H3. The van der Waals surface area contributed by atoms with Gasteiger partial charge < -0.3 is 4.90 Å². The molecule has 8 heteroatoms. The summed E-state index contributed by atoms with van der Waals surface area (Å²) in [6.45, 7) is 3.88. The second-order valence-electron chi connectivity index (χ2n) is 7.12. The molecule has 3 heterocycles. The summed E-state index contributed by atoms with van der Waals surface area (Å²) in [5.41, 5.74) is 3.39. The first-order valence-electron chi connectivity index (χ1n) is 9.27. The van der Waals surface area contributed by atoms with E-state index in [1.807, 2.05) is 29.5 Å². The first-order valence-corrected chi connectivity index (χ1v) is 9.27. The summed E-state index contributed by atoms with van der Waals surface area (Å²) >= 11 is 0. The van der Waals surface area contributed by atoms with Crippen molar-refractivity contribution in [3.63, 3.8) is 0 Å². The van der Waals surface area contributed by atoms with Gasteiger partial charge in [0.05, 0.1) is 10.4 Å². The maximum Gasteiger partial charge on any atom is 0.270 e. The average Bonchev–Trinajstić information content (AvgIpc) is 3.38. The van der Waals surface area contributed by atoms with Crippen LogP contribution in [0.1, 0.15) is 18.4 Å². The Bertz CT molecular complexity index is 1230. The number of aryl methyl sites for hydroxylation is 1. The summed E-state index contributed by atoms with van der Waals surface area (Å²) in [6.07, 6.45) is 2.23. The van der Waals surface area contributed by atoms with E-state index in [1.165, 1.54) is 12.1 Å². The summed E-state index contributed by atoms with van der Waals surface area (Å²) in [7, 11) is 0. The van der Waals surface area contributed by atoms with Crippen molar-refractivity contribution < 1.29 is 4.92 Å². The molecule has 140 valence electrons. The molecule has 0 spiro atoms. The number of anilines is 1. The van der Waals surface area contributed by atoms with E-state index in [1.54, 1.807) is 6.07 Å². The number of non-ortho nitro benzene ring substituents is 1. The van der Waals surface area contributed by atoms with Crippen molar-refractivity contribution in [3.05, 3.63) is 58.1 Å². The Labute approximate surface area is 160 Å². The van der Waals surface area contributed by atoms with Gasteiger partial charge in [0.15, 0.2) is 11.5 Å². The molecule has 2 aromatic carbocycles. The van der Waals surface area contributed by atoms with Gasteiger partial charge in [0.2, 0.25) is 5.95 Å². The Hall–Kier alpha value is -3.55. The third-order valence-corrected chi connectivity index (χ3v) is 5.18. The lowest BCUT2D eigenvalue weighted by Crippen LogP contribution is -2.22. The summed E-state index contributed by atoms with van der Waals surface area (Å²) < 4.78 is 1.94. The van der Waals surface area contributed by atoms with Gasteiger partial charge in [0.1, 0.15) is 0 Å². The van der Waals surface area contributed by atoms with E-state index < -0.39 is 4.92 Å². The first kappa shape index (κ1) is 16.6. The van der Waals surface area contributed by atoms with Crippen LogP contribution >= 0.6 is 0 Å². The van der Waals surface area contributed by atoms with Crippen molar-refractivity contribution in [3.8, 4) is 11.4 Å². The zero-order valence-electron chi connectivity index (χ0n) is 15.4. The Kier molecular flexibility index (Phi) is 3.71. The normalized spacial score (nSPS) is 14.2. The number of benzene rings is 2. The zero-order chi connectivity index (χ0) is 19.3. The van der Waals surface area contributed by atoms with Gasteiger partial charge >= 0.3 is 0 Å². The molecule has 0 aliphatic carbocycles. The molecule has 4 aromatic rings. The molecule has 28 heavy (non-hydrogen) atoms. The predicted molar refractivity (Wildman–Crippen MR) is 107 cm³/mol. The van der Waals surface area contributed by atoms with Gasteiger partial charge in [-0.3, -0.25) is 10.1 Å². The predicted octanol–water partition coefficient (Wildman–Crippen LogP) is 3.76. The summed E-state index contributed by atoms with van der Waals surface area (Å²) in [5.74, 6) is 1.35. The first-order chi connectivity index (χ1) is 13.6. The Morgan fingerprint density at radius 1 is 1.07 bits per heavy atom. The van der Waals surface area contributed by atoms with Gasteiger partial charge in [-0.1, -0.05) is 23.8 Å². The summed E-state index contributed by atoms with van der Waals surface area (Å²) in [6, 6.07) is 12.6. The molecule has 1 aliphatic heterocycles. The van der Waals surface area contributed by atoms with E-state index in [-0.39, 0.29) is 5.69 Å². The topological polar surface area (TPSA) is 89.5 Å². The van der Waals surface area contributed by atoms with Crippen molar-refractivity contribution in [1.82, 2.24) is 19.6 Å². The molecule has 2 aromatic heterocycles. The van der Waals surface area contributed by atoms with Crippen LogP contribution < -0.4 is 4.90 Å². The van der Waals surface area contributed by atoms with Crippen LogP contribution in [0, 0.1) is 17.0 Å². The number of aromatic nitrogens is 4. The number of nitro groups is 1. The van der Waals surface area contributed by atoms with Gasteiger partial charge in [-0.2, -0.15) is 0 Å². The Morgan fingerprint density at radius 2 is 1.89 bits per heavy atom. The molecule has 1 saturated heterocycles. The average molecular weight is 374 g/mol. The number of hydrogen-bond acceptors (Lipinski definition) is 6. The van der Waals surface area contributed by atoms with Crippen molar-refractivity contribution in [1.29, 1.82) is 0 Å². The maximum atomic E-state index is 11.2. The number of rotatable bonds is 3. The van der Waals surface area contributed by atoms with Crippen LogP contribution in [0.2, 0.25) is 0 Å². The molecule has 0 amide bonds. The Balaban J connectivity index is 1.83. The third kappa shape index (κ3) is 2.57. The number of fused-ring (bicyclic) bond motifs is 3. The molecule has 0 bridgehead atoms. The van der Waals surface area contributed by atoms with Crippen LogP contribution in [0.5, 0.6) is 0 Å². The number of nitro benzene ring substituents is 1. The second-order valence-corrected chi connectivity index (χ2v) is 7.12. The van der Waals surface area contributed by atoms with Crippen LogP contribution in [-0.2, 0) is 0 Å². The molecule has 1 aliphatic rings. The summed E-state index contributed by atoms with van der Waals surface area (Å²) in [4.78, 5) is 18.0. The highest BCUT2D eigenvalue weighted by molar-refractivity contribution is 5.94. The van der Waals surface area contributed by atoms with Gasteiger partial charge in [-0.15, -0.1) is 10.2 Å². The maximum absolute atomic E-state index is 11.2. The fourth-order valence-electron chi connectivity index (χ4n) is 3.81. The highest BCUT2D eigenvalue weighted by Crippen LogP contribution is 2.31. The van der Waals surface area contributed by atoms with Crippen molar-refractivity contribution >= 4 is 28.2 Å². The van der Waals surface area contributed by atoms with Crippen LogP contribution in [0.25, 0.3) is 27.9 Å². The van der Waals surface area contributed by atoms with E-state index in [0.29, 0.717) is 11.4 Å². The minimum atomic E-state index is -0.398. The highest BCUT2D eigenvalue weighted by atomic mass is 16.6. The molecular formula is C20H18N6O2. The molecule has 5 rings (SSSR count). The summed E-state index contributed by atoms with van der Waals surface area (Å²) in [5, 5.41) is 21.0. The van der Waals surface area contributed by atoms with Crippen molar-refractivity contribution in [2.45, 2.75) is 19.8 Å². The molecule has 0 atom stereocenters.